The van der Waals surface area contributed by atoms with Crippen molar-refractivity contribution in [3.63, 3.8) is 0 Å². The Hall–Kier alpha value is -0.860. The van der Waals surface area contributed by atoms with Crippen molar-refractivity contribution in [1.29, 1.82) is 0 Å². The molecule has 0 aliphatic rings. The van der Waals surface area contributed by atoms with Crippen molar-refractivity contribution in [2.45, 2.75) is 90.4 Å². The molecule has 118 valence electrons. The number of hydrogen-bond donors (Lipinski definition) is 0. The Morgan fingerprint density at radius 1 is 0.700 bits per heavy atom. The average molecular weight is 284 g/mol. The van der Waals surface area contributed by atoms with Crippen LogP contribution in [0.25, 0.3) is 0 Å². The predicted octanol–water partition coefficient (Wildman–Crippen LogP) is 4.82. The molecule has 0 N–H and O–H groups in total. The van der Waals surface area contributed by atoms with E-state index in [2.05, 4.69) is 4.74 Å². The SMILES string of the molecule is CCC(=O)CCCCCCCCCCCCC(=O)OC. The van der Waals surface area contributed by atoms with Gasteiger partial charge in [0.05, 0.1) is 7.11 Å². The maximum atomic E-state index is 11.1. The average Bonchev–Trinajstić information content (AvgIpc) is 2.47. The Labute approximate surface area is 124 Å². The summed E-state index contributed by atoms with van der Waals surface area (Å²) in [6, 6.07) is 0. The summed E-state index contributed by atoms with van der Waals surface area (Å²) in [5.74, 6) is 0.309. The molecule has 0 saturated heterocycles. The second-order valence-electron chi connectivity index (χ2n) is 5.50. The Balaban J connectivity index is 3.06. The first-order valence-corrected chi connectivity index (χ1v) is 8.29. The first-order chi connectivity index (χ1) is 9.70. The van der Waals surface area contributed by atoms with Gasteiger partial charge in [-0.15, -0.1) is 0 Å². The highest BCUT2D eigenvalue weighted by atomic mass is 16.5. The first-order valence-electron chi connectivity index (χ1n) is 8.29. The number of carbonyl (C=O) groups is 2. The minimum atomic E-state index is -0.0912. The lowest BCUT2D eigenvalue weighted by molar-refractivity contribution is -0.140. The molecule has 0 aromatic rings. The minimum absolute atomic E-state index is 0.0912. The van der Waals surface area contributed by atoms with Gasteiger partial charge in [-0.1, -0.05) is 58.3 Å². The van der Waals surface area contributed by atoms with Crippen LogP contribution in [-0.2, 0) is 14.3 Å². The Kier molecular flexibility index (Phi) is 13.9. The summed E-state index contributed by atoms with van der Waals surface area (Å²) < 4.78 is 4.60. The van der Waals surface area contributed by atoms with E-state index in [4.69, 9.17) is 0 Å². The van der Waals surface area contributed by atoms with Gasteiger partial charge >= 0.3 is 5.97 Å². The number of rotatable bonds is 14. The molecule has 0 aliphatic heterocycles. The van der Waals surface area contributed by atoms with E-state index in [1.807, 2.05) is 6.92 Å². The van der Waals surface area contributed by atoms with Crippen LogP contribution in [0.4, 0.5) is 0 Å². The van der Waals surface area contributed by atoms with E-state index in [0.717, 1.165) is 25.7 Å². The summed E-state index contributed by atoms with van der Waals surface area (Å²) in [4.78, 5) is 22.0. The van der Waals surface area contributed by atoms with Crippen molar-refractivity contribution in [2.75, 3.05) is 7.11 Å². The van der Waals surface area contributed by atoms with Gasteiger partial charge in [-0.25, -0.2) is 0 Å². The zero-order chi connectivity index (χ0) is 15.1. The molecule has 0 aromatic heterocycles. The van der Waals surface area contributed by atoms with Crippen molar-refractivity contribution in [3.8, 4) is 0 Å². The van der Waals surface area contributed by atoms with Gasteiger partial charge in [-0.05, 0) is 12.8 Å². The fourth-order valence-electron chi connectivity index (χ4n) is 2.28. The van der Waals surface area contributed by atoms with E-state index in [9.17, 15) is 9.59 Å². The molecule has 0 aromatic carbocycles. The molecule has 0 spiro atoms. The maximum absolute atomic E-state index is 11.1. The summed E-state index contributed by atoms with van der Waals surface area (Å²) in [6.45, 7) is 1.94. The van der Waals surface area contributed by atoms with E-state index in [-0.39, 0.29) is 5.97 Å². The molecule has 0 rings (SSSR count). The van der Waals surface area contributed by atoms with Crippen LogP contribution >= 0.6 is 0 Å². The molecule has 0 amide bonds. The van der Waals surface area contributed by atoms with Gasteiger partial charge in [0.25, 0.3) is 0 Å². The zero-order valence-electron chi connectivity index (χ0n) is 13.4. The van der Waals surface area contributed by atoms with E-state index < -0.39 is 0 Å². The molecule has 20 heavy (non-hydrogen) atoms. The van der Waals surface area contributed by atoms with E-state index in [1.165, 1.54) is 52.1 Å². The van der Waals surface area contributed by atoms with Gasteiger partial charge in [0.1, 0.15) is 5.78 Å². The predicted molar refractivity (Wildman–Crippen MR) is 82.7 cm³/mol. The van der Waals surface area contributed by atoms with Crippen LogP contribution in [-0.4, -0.2) is 18.9 Å². The van der Waals surface area contributed by atoms with Crippen molar-refractivity contribution < 1.29 is 14.3 Å². The fraction of sp³-hybridized carbons (Fsp3) is 0.882. The molecule has 0 fully saturated rings. The molecule has 0 aliphatic carbocycles. The summed E-state index contributed by atoms with van der Waals surface area (Å²) in [6.07, 6.45) is 14.0. The molecular weight excluding hydrogens is 252 g/mol. The fourth-order valence-corrected chi connectivity index (χ4v) is 2.28. The topological polar surface area (TPSA) is 43.4 Å². The van der Waals surface area contributed by atoms with Gasteiger partial charge in [-0.3, -0.25) is 9.59 Å². The number of ketones is 1. The highest BCUT2D eigenvalue weighted by Gasteiger charge is 1.99. The van der Waals surface area contributed by atoms with Crippen LogP contribution in [0.3, 0.4) is 0 Å². The molecule has 0 saturated carbocycles. The lowest BCUT2D eigenvalue weighted by Crippen LogP contribution is -1.99. The molecule has 0 bridgehead atoms. The maximum Gasteiger partial charge on any atom is 0.305 e. The quantitative estimate of drug-likeness (QED) is 0.339. The molecule has 0 heterocycles. The van der Waals surface area contributed by atoms with E-state index >= 15 is 0 Å². The Morgan fingerprint density at radius 2 is 1.10 bits per heavy atom. The molecule has 0 unspecified atom stereocenters. The van der Waals surface area contributed by atoms with Gasteiger partial charge in [0.2, 0.25) is 0 Å². The number of unbranched alkanes of at least 4 members (excludes halogenated alkanes) is 9. The Morgan fingerprint density at radius 3 is 1.50 bits per heavy atom. The van der Waals surface area contributed by atoms with Crippen molar-refractivity contribution in [1.82, 2.24) is 0 Å². The number of ether oxygens (including phenoxy) is 1. The lowest BCUT2D eigenvalue weighted by Gasteiger charge is -2.02. The third-order valence-corrected chi connectivity index (χ3v) is 3.71. The highest BCUT2D eigenvalue weighted by molar-refractivity contribution is 5.77. The van der Waals surface area contributed by atoms with Gasteiger partial charge < -0.3 is 4.74 Å². The van der Waals surface area contributed by atoms with Crippen LogP contribution in [0, 0.1) is 0 Å². The monoisotopic (exact) mass is 284 g/mol. The number of Topliss-reactive ketones (excluding diaryl/α,β-unsaturated/α-hetero) is 1. The largest absolute Gasteiger partial charge is 0.469 e. The van der Waals surface area contributed by atoms with Crippen LogP contribution < -0.4 is 0 Å². The van der Waals surface area contributed by atoms with Crippen LogP contribution in [0.5, 0.6) is 0 Å². The summed E-state index contributed by atoms with van der Waals surface area (Å²) >= 11 is 0. The first kappa shape index (κ1) is 19.1. The zero-order valence-corrected chi connectivity index (χ0v) is 13.4. The number of esters is 1. The normalized spacial score (nSPS) is 10.5. The summed E-state index contributed by atoms with van der Waals surface area (Å²) in [5, 5.41) is 0. The van der Waals surface area contributed by atoms with Crippen molar-refractivity contribution >= 4 is 11.8 Å². The third-order valence-electron chi connectivity index (χ3n) is 3.71. The molecule has 3 heteroatoms. The van der Waals surface area contributed by atoms with Gasteiger partial charge in [0, 0.05) is 19.3 Å². The number of carbonyl (C=O) groups excluding carboxylic acids is 2. The third kappa shape index (κ3) is 13.6. The lowest BCUT2D eigenvalue weighted by atomic mass is 10.0. The van der Waals surface area contributed by atoms with E-state index in [0.29, 0.717) is 18.6 Å². The minimum Gasteiger partial charge on any atom is -0.469 e. The number of methoxy groups -OCH3 is 1. The second-order valence-corrected chi connectivity index (χ2v) is 5.50. The number of hydrogen-bond acceptors (Lipinski definition) is 3. The summed E-state index contributed by atoms with van der Waals surface area (Å²) in [7, 11) is 1.44. The smallest absolute Gasteiger partial charge is 0.305 e. The molecule has 0 atom stereocenters. The summed E-state index contributed by atoms with van der Waals surface area (Å²) in [5.41, 5.74) is 0. The standard InChI is InChI=1S/C17H32O3/c1-3-16(18)14-12-10-8-6-4-5-7-9-11-13-15-17(19)20-2/h3-15H2,1-2H3. The Bertz CT molecular complexity index is 223. The molecule has 0 radical (unpaired) electrons. The molecule has 3 nitrogen and oxygen atoms in total. The van der Waals surface area contributed by atoms with Crippen LogP contribution in [0.1, 0.15) is 90.4 Å². The van der Waals surface area contributed by atoms with Crippen LogP contribution in [0.15, 0.2) is 0 Å². The molecular formula is C17H32O3. The van der Waals surface area contributed by atoms with Gasteiger partial charge in [0.15, 0.2) is 0 Å². The van der Waals surface area contributed by atoms with Crippen molar-refractivity contribution in [3.05, 3.63) is 0 Å². The van der Waals surface area contributed by atoms with E-state index in [1.54, 1.807) is 0 Å². The van der Waals surface area contributed by atoms with Crippen LogP contribution in [0.2, 0.25) is 0 Å². The van der Waals surface area contributed by atoms with Gasteiger partial charge in [-0.2, -0.15) is 0 Å². The highest BCUT2D eigenvalue weighted by Crippen LogP contribution is 2.12. The second kappa shape index (κ2) is 14.5. The van der Waals surface area contributed by atoms with Crippen molar-refractivity contribution in [2.24, 2.45) is 0 Å².